The number of hydrogen-bond acceptors (Lipinski definition) is 4. The predicted molar refractivity (Wildman–Crippen MR) is 125 cm³/mol. The molecular formula is C26H41N3O2. The van der Waals surface area contributed by atoms with E-state index in [0.29, 0.717) is 11.9 Å². The van der Waals surface area contributed by atoms with Crippen LogP contribution in [0.15, 0.2) is 30.3 Å². The average molecular weight is 428 g/mol. The fourth-order valence-electron chi connectivity index (χ4n) is 5.71. The Morgan fingerprint density at radius 3 is 2.32 bits per heavy atom. The zero-order valence-corrected chi connectivity index (χ0v) is 19.4. The highest BCUT2D eigenvalue weighted by atomic mass is 16.5. The zero-order valence-electron chi connectivity index (χ0n) is 19.4. The predicted octanol–water partition coefficient (Wildman–Crippen LogP) is 3.43. The molecule has 3 aliphatic heterocycles. The van der Waals surface area contributed by atoms with Crippen molar-refractivity contribution in [3.05, 3.63) is 35.9 Å². The SMILES string of the molecule is CN(C(=O)C1CCN(C2CCN(CCCc3ccccc3)CC2)CC1)C1CCOCC1. The van der Waals surface area contributed by atoms with E-state index >= 15 is 0 Å². The smallest absolute Gasteiger partial charge is 0.225 e. The first-order valence-corrected chi connectivity index (χ1v) is 12.6. The first kappa shape index (κ1) is 22.8. The van der Waals surface area contributed by atoms with Gasteiger partial charge in [-0.3, -0.25) is 4.79 Å². The van der Waals surface area contributed by atoms with Crippen molar-refractivity contribution in [3.63, 3.8) is 0 Å². The van der Waals surface area contributed by atoms with Crippen molar-refractivity contribution < 1.29 is 9.53 Å². The lowest BCUT2D eigenvalue weighted by molar-refractivity contribution is -0.139. The van der Waals surface area contributed by atoms with E-state index in [1.54, 1.807) is 0 Å². The summed E-state index contributed by atoms with van der Waals surface area (Å²) >= 11 is 0. The Balaban J connectivity index is 1.13. The number of hydrogen-bond donors (Lipinski definition) is 0. The van der Waals surface area contributed by atoms with Gasteiger partial charge in [-0.25, -0.2) is 0 Å². The minimum Gasteiger partial charge on any atom is -0.381 e. The highest BCUT2D eigenvalue weighted by Gasteiger charge is 2.33. The largest absolute Gasteiger partial charge is 0.381 e. The van der Waals surface area contributed by atoms with E-state index < -0.39 is 0 Å². The second-order valence-corrected chi connectivity index (χ2v) is 9.76. The van der Waals surface area contributed by atoms with Crippen molar-refractivity contribution in [3.8, 4) is 0 Å². The van der Waals surface area contributed by atoms with Crippen LogP contribution in [-0.4, -0.2) is 85.7 Å². The third kappa shape index (κ3) is 6.30. The first-order chi connectivity index (χ1) is 15.2. The van der Waals surface area contributed by atoms with Crippen LogP contribution in [0.3, 0.4) is 0 Å². The Morgan fingerprint density at radius 1 is 0.968 bits per heavy atom. The van der Waals surface area contributed by atoms with Crippen molar-refractivity contribution in [2.75, 3.05) is 53.0 Å². The van der Waals surface area contributed by atoms with Crippen LogP contribution in [0.5, 0.6) is 0 Å². The summed E-state index contributed by atoms with van der Waals surface area (Å²) in [5.74, 6) is 0.599. The topological polar surface area (TPSA) is 36.0 Å². The Labute approximate surface area is 188 Å². The molecule has 1 amide bonds. The van der Waals surface area contributed by atoms with E-state index in [4.69, 9.17) is 4.74 Å². The van der Waals surface area contributed by atoms with Gasteiger partial charge in [0.05, 0.1) is 0 Å². The zero-order chi connectivity index (χ0) is 21.5. The van der Waals surface area contributed by atoms with Gasteiger partial charge in [-0.2, -0.15) is 0 Å². The van der Waals surface area contributed by atoms with Crippen LogP contribution in [0, 0.1) is 5.92 Å². The minimum absolute atomic E-state index is 0.224. The molecule has 0 aromatic heterocycles. The number of carbonyl (C=O) groups excluding carboxylic acids is 1. The number of ether oxygens (including phenoxy) is 1. The normalized spacial score (nSPS) is 23.1. The molecule has 31 heavy (non-hydrogen) atoms. The molecule has 1 aromatic rings. The first-order valence-electron chi connectivity index (χ1n) is 12.6. The number of carbonyl (C=O) groups is 1. The number of benzene rings is 1. The Hall–Kier alpha value is -1.43. The lowest BCUT2D eigenvalue weighted by Crippen LogP contribution is -2.50. The number of likely N-dealkylation sites (tertiary alicyclic amines) is 2. The van der Waals surface area contributed by atoms with Gasteiger partial charge in [0.25, 0.3) is 0 Å². The molecule has 5 heteroatoms. The van der Waals surface area contributed by atoms with E-state index in [1.165, 1.54) is 50.9 Å². The van der Waals surface area contributed by atoms with Crippen LogP contribution in [0.2, 0.25) is 0 Å². The third-order valence-corrected chi connectivity index (χ3v) is 7.82. The average Bonchev–Trinajstić information content (AvgIpc) is 2.85. The van der Waals surface area contributed by atoms with Crippen LogP contribution in [0.1, 0.15) is 50.5 Å². The molecule has 0 N–H and O–H groups in total. The molecule has 1 aromatic carbocycles. The van der Waals surface area contributed by atoms with E-state index in [1.807, 2.05) is 11.9 Å². The Bertz CT molecular complexity index is 660. The Kier molecular flexibility index (Phi) is 8.40. The highest BCUT2D eigenvalue weighted by Crippen LogP contribution is 2.26. The monoisotopic (exact) mass is 427 g/mol. The summed E-state index contributed by atoms with van der Waals surface area (Å²) in [7, 11) is 2.01. The fraction of sp³-hybridized carbons (Fsp3) is 0.731. The summed E-state index contributed by atoms with van der Waals surface area (Å²) in [5.41, 5.74) is 1.46. The van der Waals surface area contributed by atoms with E-state index in [2.05, 4.69) is 40.1 Å². The second-order valence-electron chi connectivity index (χ2n) is 9.76. The number of nitrogens with zero attached hydrogens (tertiary/aromatic N) is 3. The van der Waals surface area contributed by atoms with Crippen molar-refractivity contribution in [2.45, 2.75) is 63.5 Å². The van der Waals surface area contributed by atoms with Gasteiger partial charge in [-0.1, -0.05) is 30.3 Å². The van der Waals surface area contributed by atoms with Crippen molar-refractivity contribution in [1.82, 2.24) is 14.7 Å². The third-order valence-electron chi connectivity index (χ3n) is 7.82. The van der Waals surface area contributed by atoms with E-state index in [0.717, 1.165) is 58.0 Å². The maximum Gasteiger partial charge on any atom is 0.225 e. The van der Waals surface area contributed by atoms with Crippen LogP contribution in [-0.2, 0) is 16.0 Å². The van der Waals surface area contributed by atoms with Gasteiger partial charge in [-0.15, -0.1) is 0 Å². The molecule has 5 nitrogen and oxygen atoms in total. The van der Waals surface area contributed by atoms with E-state index in [-0.39, 0.29) is 5.92 Å². The summed E-state index contributed by atoms with van der Waals surface area (Å²) in [6.45, 7) is 7.46. The molecule has 0 unspecified atom stereocenters. The maximum absolute atomic E-state index is 13.0. The molecule has 172 valence electrons. The lowest BCUT2D eigenvalue weighted by Gasteiger charge is -2.42. The fourth-order valence-corrected chi connectivity index (χ4v) is 5.71. The van der Waals surface area contributed by atoms with Crippen LogP contribution < -0.4 is 0 Å². The number of aryl methyl sites for hydroxylation is 1. The molecule has 4 rings (SSSR count). The molecule has 3 heterocycles. The summed E-state index contributed by atoms with van der Waals surface area (Å²) < 4.78 is 5.46. The highest BCUT2D eigenvalue weighted by molar-refractivity contribution is 5.79. The molecular weight excluding hydrogens is 386 g/mol. The van der Waals surface area contributed by atoms with Crippen LogP contribution in [0.25, 0.3) is 0 Å². The number of rotatable bonds is 7. The number of piperidine rings is 2. The van der Waals surface area contributed by atoms with Crippen LogP contribution >= 0.6 is 0 Å². The second kappa shape index (κ2) is 11.4. The molecule has 3 aliphatic rings. The Morgan fingerprint density at radius 2 is 1.65 bits per heavy atom. The molecule has 0 bridgehead atoms. The van der Waals surface area contributed by atoms with Crippen LogP contribution in [0.4, 0.5) is 0 Å². The van der Waals surface area contributed by atoms with Gasteiger partial charge in [0.15, 0.2) is 0 Å². The molecule has 0 atom stereocenters. The molecule has 0 spiro atoms. The van der Waals surface area contributed by atoms with Gasteiger partial charge in [0.2, 0.25) is 5.91 Å². The summed E-state index contributed by atoms with van der Waals surface area (Å²) in [6, 6.07) is 11.9. The summed E-state index contributed by atoms with van der Waals surface area (Å²) in [5, 5.41) is 0. The molecule has 0 radical (unpaired) electrons. The summed E-state index contributed by atoms with van der Waals surface area (Å²) in [6.07, 6.45) is 9.05. The lowest BCUT2D eigenvalue weighted by atomic mass is 9.91. The molecule has 3 fully saturated rings. The van der Waals surface area contributed by atoms with Gasteiger partial charge >= 0.3 is 0 Å². The van der Waals surface area contributed by atoms with Crippen molar-refractivity contribution in [2.24, 2.45) is 5.92 Å². The van der Waals surface area contributed by atoms with Gasteiger partial charge in [0, 0.05) is 38.3 Å². The minimum atomic E-state index is 0.224. The summed E-state index contributed by atoms with van der Waals surface area (Å²) in [4.78, 5) is 20.4. The standard InChI is InChI=1S/C26H41N3O2/c1-27(24-13-20-31-21-14-24)26(30)23-9-18-29(19-10-23)25-11-16-28(17-12-25)15-5-8-22-6-3-2-4-7-22/h2-4,6-7,23-25H,5,8-21H2,1H3. The number of amides is 1. The molecule has 3 saturated heterocycles. The van der Waals surface area contributed by atoms with Crippen molar-refractivity contribution in [1.29, 1.82) is 0 Å². The molecule has 0 saturated carbocycles. The van der Waals surface area contributed by atoms with Gasteiger partial charge < -0.3 is 19.4 Å². The van der Waals surface area contributed by atoms with Gasteiger partial charge in [0.1, 0.15) is 0 Å². The van der Waals surface area contributed by atoms with E-state index in [9.17, 15) is 4.79 Å². The van der Waals surface area contributed by atoms with Crippen molar-refractivity contribution >= 4 is 5.91 Å². The molecule has 0 aliphatic carbocycles. The van der Waals surface area contributed by atoms with Gasteiger partial charge in [-0.05, 0) is 89.7 Å². The quantitative estimate of drug-likeness (QED) is 0.668. The maximum atomic E-state index is 13.0.